The van der Waals surface area contributed by atoms with E-state index < -0.39 is 0 Å². The molecule has 1 aromatic carbocycles. The SMILES string of the molecule is COC(=O)C1CC1Cc1ccc(Br)cc1. The van der Waals surface area contributed by atoms with Crippen LogP contribution in [0.3, 0.4) is 0 Å². The van der Waals surface area contributed by atoms with E-state index in [1.807, 2.05) is 12.1 Å². The van der Waals surface area contributed by atoms with Gasteiger partial charge in [-0.05, 0) is 36.5 Å². The van der Waals surface area contributed by atoms with Crippen molar-refractivity contribution in [1.29, 1.82) is 0 Å². The predicted molar refractivity (Wildman–Crippen MR) is 61.5 cm³/mol. The standard InChI is InChI=1S/C12H13BrO2/c1-15-12(14)11-7-9(11)6-8-2-4-10(13)5-3-8/h2-5,9,11H,6-7H2,1H3. The number of benzene rings is 1. The third-order valence-corrected chi connectivity index (χ3v) is 3.37. The largest absolute Gasteiger partial charge is 0.469 e. The fraction of sp³-hybridized carbons (Fsp3) is 0.417. The summed E-state index contributed by atoms with van der Waals surface area (Å²) in [7, 11) is 1.46. The van der Waals surface area contributed by atoms with Gasteiger partial charge < -0.3 is 4.74 Å². The first-order valence-corrected chi connectivity index (χ1v) is 5.82. The Labute approximate surface area is 97.8 Å². The summed E-state index contributed by atoms with van der Waals surface area (Å²) in [6, 6.07) is 8.25. The number of rotatable bonds is 3. The van der Waals surface area contributed by atoms with Gasteiger partial charge in [0, 0.05) is 4.47 Å². The minimum Gasteiger partial charge on any atom is -0.469 e. The fourth-order valence-corrected chi connectivity index (χ4v) is 2.10. The Morgan fingerprint density at radius 1 is 1.47 bits per heavy atom. The van der Waals surface area contributed by atoms with Crippen LogP contribution in [0.25, 0.3) is 0 Å². The van der Waals surface area contributed by atoms with Crippen molar-refractivity contribution in [1.82, 2.24) is 0 Å². The molecule has 1 aliphatic rings. The van der Waals surface area contributed by atoms with Gasteiger partial charge in [-0.2, -0.15) is 0 Å². The molecule has 0 aliphatic heterocycles. The minimum atomic E-state index is -0.0582. The monoisotopic (exact) mass is 268 g/mol. The number of carbonyl (C=O) groups is 1. The summed E-state index contributed by atoms with van der Waals surface area (Å²) in [6.45, 7) is 0. The van der Waals surface area contributed by atoms with E-state index in [2.05, 4.69) is 28.1 Å². The molecule has 0 N–H and O–H groups in total. The van der Waals surface area contributed by atoms with Gasteiger partial charge in [0.2, 0.25) is 0 Å². The third-order valence-electron chi connectivity index (χ3n) is 2.84. The zero-order valence-corrected chi connectivity index (χ0v) is 10.2. The second kappa shape index (κ2) is 4.35. The molecule has 0 spiro atoms. The molecule has 3 heteroatoms. The van der Waals surface area contributed by atoms with Crippen molar-refractivity contribution < 1.29 is 9.53 Å². The Bertz CT molecular complexity index is 358. The maximum atomic E-state index is 11.2. The number of carbonyl (C=O) groups excluding carboxylic acids is 1. The predicted octanol–water partition coefficient (Wildman–Crippen LogP) is 2.80. The van der Waals surface area contributed by atoms with Crippen molar-refractivity contribution in [3.63, 3.8) is 0 Å². The first-order chi connectivity index (χ1) is 7.20. The Hall–Kier alpha value is -0.830. The lowest BCUT2D eigenvalue weighted by Crippen LogP contribution is -2.05. The number of hydrogen-bond acceptors (Lipinski definition) is 2. The summed E-state index contributed by atoms with van der Waals surface area (Å²) < 4.78 is 5.80. The van der Waals surface area contributed by atoms with E-state index in [1.165, 1.54) is 12.7 Å². The topological polar surface area (TPSA) is 26.3 Å². The average Bonchev–Trinajstić information content (AvgIpc) is 3.00. The molecule has 0 saturated heterocycles. The van der Waals surface area contributed by atoms with Gasteiger partial charge in [0.05, 0.1) is 13.0 Å². The molecule has 2 atom stereocenters. The van der Waals surface area contributed by atoms with Crippen molar-refractivity contribution in [3.8, 4) is 0 Å². The van der Waals surface area contributed by atoms with Gasteiger partial charge >= 0.3 is 5.97 Å². The summed E-state index contributed by atoms with van der Waals surface area (Å²) in [5.74, 6) is 0.564. The molecule has 1 aromatic rings. The Morgan fingerprint density at radius 2 is 2.13 bits per heavy atom. The second-order valence-electron chi connectivity index (χ2n) is 3.96. The second-order valence-corrected chi connectivity index (χ2v) is 4.87. The van der Waals surface area contributed by atoms with Crippen LogP contribution in [0.1, 0.15) is 12.0 Å². The summed E-state index contributed by atoms with van der Waals surface area (Å²) in [4.78, 5) is 11.2. The Kier molecular flexibility index (Phi) is 3.10. The van der Waals surface area contributed by atoms with E-state index >= 15 is 0 Å². The van der Waals surface area contributed by atoms with E-state index in [0.717, 1.165) is 17.3 Å². The molecule has 1 saturated carbocycles. The number of halogens is 1. The normalized spacial score (nSPS) is 23.6. The van der Waals surface area contributed by atoms with Crippen molar-refractivity contribution in [2.24, 2.45) is 11.8 Å². The van der Waals surface area contributed by atoms with Crippen LogP contribution in [0.4, 0.5) is 0 Å². The van der Waals surface area contributed by atoms with Crippen LogP contribution >= 0.6 is 15.9 Å². The van der Waals surface area contributed by atoms with Gasteiger partial charge in [-0.3, -0.25) is 4.79 Å². The van der Waals surface area contributed by atoms with E-state index in [0.29, 0.717) is 5.92 Å². The molecule has 15 heavy (non-hydrogen) atoms. The first-order valence-electron chi connectivity index (χ1n) is 5.03. The molecule has 2 nitrogen and oxygen atoms in total. The maximum absolute atomic E-state index is 11.2. The Balaban J connectivity index is 1.90. The Morgan fingerprint density at radius 3 is 2.73 bits per heavy atom. The van der Waals surface area contributed by atoms with Crippen molar-refractivity contribution >= 4 is 21.9 Å². The summed E-state index contributed by atoms with van der Waals surface area (Å²) in [5.41, 5.74) is 1.29. The third kappa shape index (κ3) is 2.59. The van der Waals surface area contributed by atoms with Crippen LogP contribution in [0.5, 0.6) is 0 Å². The molecule has 0 heterocycles. The van der Waals surface area contributed by atoms with Crippen LogP contribution in [0, 0.1) is 11.8 Å². The number of hydrogen-bond donors (Lipinski definition) is 0. The number of methoxy groups -OCH3 is 1. The summed E-state index contributed by atoms with van der Waals surface area (Å²) >= 11 is 3.40. The molecular formula is C12H13BrO2. The van der Waals surface area contributed by atoms with Crippen LogP contribution < -0.4 is 0 Å². The lowest BCUT2D eigenvalue weighted by Gasteiger charge is -2.00. The highest BCUT2D eigenvalue weighted by atomic mass is 79.9. The van der Waals surface area contributed by atoms with Crippen LogP contribution in [-0.4, -0.2) is 13.1 Å². The van der Waals surface area contributed by atoms with E-state index in [4.69, 9.17) is 4.74 Å². The molecule has 0 radical (unpaired) electrons. The molecule has 1 aliphatic carbocycles. The molecule has 0 aromatic heterocycles. The van der Waals surface area contributed by atoms with Crippen molar-refractivity contribution in [2.75, 3.05) is 7.11 Å². The van der Waals surface area contributed by atoms with Gasteiger partial charge in [-0.1, -0.05) is 28.1 Å². The van der Waals surface area contributed by atoms with E-state index in [9.17, 15) is 4.79 Å². The first kappa shape index (κ1) is 10.7. The highest BCUT2D eigenvalue weighted by Crippen LogP contribution is 2.41. The smallest absolute Gasteiger partial charge is 0.308 e. The van der Waals surface area contributed by atoms with Crippen LogP contribution in [0.15, 0.2) is 28.7 Å². The van der Waals surface area contributed by atoms with Gasteiger partial charge in [0.25, 0.3) is 0 Å². The van der Waals surface area contributed by atoms with Crippen molar-refractivity contribution in [3.05, 3.63) is 34.3 Å². The van der Waals surface area contributed by atoms with Gasteiger partial charge in [0.15, 0.2) is 0 Å². The molecule has 0 bridgehead atoms. The number of esters is 1. The van der Waals surface area contributed by atoms with Crippen molar-refractivity contribution in [2.45, 2.75) is 12.8 Å². The zero-order chi connectivity index (χ0) is 10.8. The zero-order valence-electron chi connectivity index (χ0n) is 8.57. The van der Waals surface area contributed by atoms with E-state index in [1.54, 1.807) is 0 Å². The molecule has 0 amide bonds. The summed E-state index contributed by atoms with van der Waals surface area (Å²) in [5, 5.41) is 0. The van der Waals surface area contributed by atoms with E-state index in [-0.39, 0.29) is 11.9 Å². The van der Waals surface area contributed by atoms with Gasteiger partial charge in [-0.25, -0.2) is 0 Å². The highest BCUT2D eigenvalue weighted by molar-refractivity contribution is 9.10. The lowest BCUT2D eigenvalue weighted by atomic mass is 10.1. The molecular weight excluding hydrogens is 256 g/mol. The van der Waals surface area contributed by atoms with Crippen LogP contribution in [-0.2, 0) is 16.0 Å². The van der Waals surface area contributed by atoms with Crippen LogP contribution in [0.2, 0.25) is 0 Å². The average molecular weight is 269 g/mol. The molecule has 1 fully saturated rings. The molecule has 2 unspecified atom stereocenters. The number of ether oxygens (including phenoxy) is 1. The highest BCUT2D eigenvalue weighted by Gasteiger charge is 2.43. The van der Waals surface area contributed by atoms with Gasteiger partial charge in [-0.15, -0.1) is 0 Å². The quantitative estimate of drug-likeness (QED) is 0.789. The lowest BCUT2D eigenvalue weighted by molar-refractivity contribution is -0.142. The molecule has 80 valence electrons. The summed E-state index contributed by atoms with van der Waals surface area (Å²) in [6.07, 6.45) is 1.95. The molecule has 2 rings (SSSR count). The minimum absolute atomic E-state index is 0.0582. The van der Waals surface area contributed by atoms with Gasteiger partial charge in [0.1, 0.15) is 0 Å². The maximum Gasteiger partial charge on any atom is 0.308 e. The fourth-order valence-electron chi connectivity index (χ4n) is 1.84.